The van der Waals surface area contributed by atoms with Gasteiger partial charge in [0.1, 0.15) is 8.30 Å². The maximum absolute atomic E-state index is 5.96. The molecule has 2 unspecified atom stereocenters. The van der Waals surface area contributed by atoms with Crippen molar-refractivity contribution in [3.63, 3.8) is 0 Å². The van der Waals surface area contributed by atoms with Crippen LogP contribution in [0.1, 0.15) is 40.0 Å². The normalized spacial score (nSPS) is 36.2. The fraction of sp³-hybridized carbons (Fsp3) is 1.00. The molecule has 76 valence electrons. The Morgan fingerprint density at radius 3 is 2.77 bits per heavy atom. The summed E-state index contributed by atoms with van der Waals surface area (Å²) in [6.07, 6.45) is 4.13. The van der Waals surface area contributed by atoms with Crippen LogP contribution in [0.2, 0.25) is 0 Å². The van der Waals surface area contributed by atoms with Crippen molar-refractivity contribution >= 4 is 8.30 Å². The Labute approximate surface area is 82.5 Å². The summed E-state index contributed by atoms with van der Waals surface area (Å²) in [5.74, 6) is 0. The van der Waals surface area contributed by atoms with E-state index in [4.69, 9.17) is 4.52 Å². The summed E-state index contributed by atoms with van der Waals surface area (Å²) in [5.41, 5.74) is 0. The van der Waals surface area contributed by atoms with E-state index in [1.807, 2.05) is 0 Å². The van der Waals surface area contributed by atoms with Crippen molar-refractivity contribution in [3.05, 3.63) is 0 Å². The van der Waals surface area contributed by atoms with Gasteiger partial charge in [-0.1, -0.05) is 27.2 Å². The second kappa shape index (κ2) is 3.49. The minimum absolute atomic E-state index is 0.310. The molecule has 0 radical (unpaired) electrons. The molecule has 13 heavy (non-hydrogen) atoms. The van der Waals surface area contributed by atoms with Crippen molar-refractivity contribution in [3.8, 4) is 0 Å². The molecule has 2 saturated heterocycles. The highest BCUT2D eigenvalue weighted by Gasteiger charge is 2.42. The first-order valence-corrected chi connectivity index (χ1v) is 6.50. The van der Waals surface area contributed by atoms with Crippen LogP contribution >= 0.6 is 8.30 Å². The Bertz CT molecular complexity index is 190. The summed E-state index contributed by atoms with van der Waals surface area (Å²) >= 11 is 0. The fourth-order valence-corrected chi connectivity index (χ4v) is 4.63. The second-order valence-corrected chi connectivity index (χ2v) is 7.71. The van der Waals surface area contributed by atoms with E-state index in [0.29, 0.717) is 5.16 Å². The molecule has 0 aromatic heterocycles. The van der Waals surface area contributed by atoms with Gasteiger partial charge in [0, 0.05) is 17.7 Å². The number of nitrogens with zero attached hydrogens (tertiary/aromatic N) is 1. The number of hydrogen-bond donors (Lipinski definition) is 0. The van der Waals surface area contributed by atoms with Gasteiger partial charge >= 0.3 is 0 Å². The topological polar surface area (TPSA) is 12.5 Å². The predicted octanol–water partition coefficient (Wildman–Crippen LogP) is 2.98. The van der Waals surface area contributed by atoms with Gasteiger partial charge in [-0.15, -0.1) is 0 Å². The van der Waals surface area contributed by atoms with Gasteiger partial charge in [-0.2, -0.15) is 0 Å². The van der Waals surface area contributed by atoms with Gasteiger partial charge in [-0.25, -0.2) is 0 Å². The van der Waals surface area contributed by atoms with Crippen molar-refractivity contribution in [2.24, 2.45) is 0 Å². The van der Waals surface area contributed by atoms with Gasteiger partial charge in [0.05, 0.1) is 6.61 Å². The van der Waals surface area contributed by atoms with E-state index in [9.17, 15) is 0 Å². The molecule has 0 aromatic rings. The Kier molecular flexibility index (Phi) is 2.65. The highest BCUT2D eigenvalue weighted by atomic mass is 31.2. The lowest BCUT2D eigenvalue weighted by Gasteiger charge is -2.37. The summed E-state index contributed by atoms with van der Waals surface area (Å²) in [7, 11) is -0.310. The molecule has 2 rings (SSSR count). The van der Waals surface area contributed by atoms with Crippen molar-refractivity contribution in [1.29, 1.82) is 0 Å². The van der Waals surface area contributed by atoms with Crippen LogP contribution < -0.4 is 0 Å². The van der Waals surface area contributed by atoms with Crippen LogP contribution in [0.15, 0.2) is 0 Å². The summed E-state index contributed by atoms with van der Waals surface area (Å²) in [6.45, 7) is 9.16. The van der Waals surface area contributed by atoms with Crippen LogP contribution in [0, 0.1) is 0 Å². The van der Waals surface area contributed by atoms with Crippen LogP contribution in [0.4, 0.5) is 0 Å². The summed E-state index contributed by atoms with van der Waals surface area (Å²) in [4.78, 5) is 0. The second-order valence-electron chi connectivity index (χ2n) is 5.05. The first-order valence-electron chi connectivity index (χ1n) is 5.29. The van der Waals surface area contributed by atoms with Crippen LogP contribution in [0.25, 0.3) is 0 Å². The minimum Gasteiger partial charge on any atom is -0.341 e. The lowest BCUT2D eigenvalue weighted by molar-refractivity contribution is 0.257. The Balaban J connectivity index is 2.07. The van der Waals surface area contributed by atoms with E-state index in [1.165, 1.54) is 25.8 Å². The predicted molar refractivity (Wildman–Crippen MR) is 57.0 cm³/mol. The molecule has 3 heteroatoms. The molecule has 0 saturated carbocycles. The van der Waals surface area contributed by atoms with Crippen LogP contribution in [0.3, 0.4) is 0 Å². The summed E-state index contributed by atoms with van der Waals surface area (Å²) < 4.78 is 8.59. The Morgan fingerprint density at radius 1 is 1.31 bits per heavy atom. The number of rotatable bonds is 0. The fourth-order valence-electron chi connectivity index (χ4n) is 2.20. The zero-order valence-corrected chi connectivity index (χ0v) is 9.81. The third-order valence-electron chi connectivity index (χ3n) is 2.79. The molecular weight excluding hydrogens is 181 g/mol. The number of piperidine rings is 1. The highest BCUT2D eigenvalue weighted by Crippen LogP contribution is 2.59. The lowest BCUT2D eigenvalue weighted by atomic mass is 10.1. The molecule has 2 heterocycles. The molecule has 2 nitrogen and oxygen atoms in total. The molecule has 2 atom stereocenters. The monoisotopic (exact) mass is 201 g/mol. The first kappa shape index (κ1) is 9.89. The van der Waals surface area contributed by atoms with E-state index >= 15 is 0 Å². The average Bonchev–Trinajstić information content (AvgIpc) is 2.45. The molecule has 0 aliphatic carbocycles. The SMILES string of the molecule is CC(C)(C)P1OCC2CCCCN21. The summed E-state index contributed by atoms with van der Waals surface area (Å²) in [5, 5.41) is 0.335. The third-order valence-corrected chi connectivity index (χ3v) is 5.33. The van der Waals surface area contributed by atoms with Gasteiger partial charge in [0.25, 0.3) is 0 Å². The zero-order chi connectivity index (χ0) is 9.47. The van der Waals surface area contributed by atoms with Gasteiger partial charge < -0.3 is 4.52 Å². The van der Waals surface area contributed by atoms with E-state index < -0.39 is 0 Å². The molecular formula is C10H20NOP. The maximum Gasteiger partial charge on any atom is 0.110 e. The molecule has 2 fully saturated rings. The molecule has 2 aliphatic rings. The van der Waals surface area contributed by atoms with E-state index in [-0.39, 0.29) is 8.30 Å². The molecule has 2 aliphatic heterocycles. The zero-order valence-electron chi connectivity index (χ0n) is 8.92. The van der Waals surface area contributed by atoms with Crippen LogP contribution in [-0.2, 0) is 4.52 Å². The van der Waals surface area contributed by atoms with E-state index in [0.717, 1.165) is 12.6 Å². The van der Waals surface area contributed by atoms with Crippen molar-refractivity contribution < 1.29 is 4.52 Å². The Morgan fingerprint density at radius 2 is 2.08 bits per heavy atom. The highest BCUT2D eigenvalue weighted by molar-refractivity contribution is 7.52. The lowest BCUT2D eigenvalue weighted by Crippen LogP contribution is -2.35. The smallest absolute Gasteiger partial charge is 0.110 e. The van der Waals surface area contributed by atoms with Gasteiger partial charge in [0.15, 0.2) is 0 Å². The van der Waals surface area contributed by atoms with Crippen molar-refractivity contribution in [2.75, 3.05) is 13.2 Å². The first-order chi connectivity index (χ1) is 6.09. The third kappa shape index (κ3) is 1.91. The van der Waals surface area contributed by atoms with Crippen LogP contribution in [0.5, 0.6) is 0 Å². The quantitative estimate of drug-likeness (QED) is 0.559. The van der Waals surface area contributed by atoms with Crippen molar-refractivity contribution in [2.45, 2.75) is 51.2 Å². The number of hydrogen-bond acceptors (Lipinski definition) is 2. The van der Waals surface area contributed by atoms with Gasteiger partial charge in [0.2, 0.25) is 0 Å². The maximum atomic E-state index is 5.96. The van der Waals surface area contributed by atoms with E-state index in [2.05, 4.69) is 25.4 Å². The molecule has 0 aromatic carbocycles. The van der Waals surface area contributed by atoms with E-state index in [1.54, 1.807) is 0 Å². The van der Waals surface area contributed by atoms with Gasteiger partial charge in [-0.3, -0.25) is 4.67 Å². The average molecular weight is 201 g/mol. The molecule has 0 amide bonds. The van der Waals surface area contributed by atoms with Crippen LogP contribution in [-0.4, -0.2) is 29.0 Å². The van der Waals surface area contributed by atoms with Crippen molar-refractivity contribution in [1.82, 2.24) is 4.67 Å². The molecule has 0 spiro atoms. The largest absolute Gasteiger partial charge is 0.341 e. The summed E-state index contributed by atoms with van der Waals surface area (Å²) in [6, 6.07) is 0.749. The van der Waals surface area contributed by atoms with Gasteiger partial charge in [-0.05, 0) is 12.8 Å². The minimum atomic E-state index is -0.310. The Hall–Kier alpha value is 0.350. The standard InChI is InChI=1S/C10H20NOP/c1-10(2,3)13-11-7-5-4-6-9(11)8-12-13/h9H,4-8H2,1-3H3. The molecule has 0 N–H and O–H groups in total. The number of fused-ring (bicyclic) bond motifs is 1. The molecule has 0 bridgehead atoms.